The van der Waals surface area contributed by atoms with Crippen LogP contribution in [0.4, 0.5) is 0 Å². The molecule has 0 aliphatic heterocycles. The second-order valence-corrected chi connectivity index (χ2v) is 6.73. The molecule has 1 amide bonds. The predicted octanol–water partition coefficient (Wildman–Crippen LogP) is 1.97. The van der Waals surface area contributed by atoms with E-state index in [0.29, 0.717) is 29.7 Å². The number of nitrogens with zero attached hydrogens (tertiary/aromatic N) is 1. The number of aromatic amines is 1. The Hall–Kier alpha value is -2.74. The first-order chi connectivity index (χ1) is 12.6. The number of benzene rings is 1. The third kappa shape index (κ3) is 3.91. The van der Waals surface area contributed by atoms with E-state index in [0.717, 1.165) is 17.3 Å². The number of thioether (sulfide) groups is 1. The van der Waals surface area contributed by atoms with Gasteiger partial charge in [-0.1, -0.05) is 0 Å². The molecular weight excluding hydrogens is 354 g/mol. The van der Waals surface area contributed by atoms with E-state index in [1.807, 2.05) is 12.1 Å². The van der Waals surface area contributed by atoms with Crippen LogP contribution in [0.5, 0.6) is 0 Å². The van der Waals surface area contributed by atoms with Crippen molar-refractivity contribution in [2.75, 3.05) is 12.3 Å². The smallest absolute Gasteiger partial charge is 0.316 e. The zero-order valence-corrected chi connectivity index (χ0v) is 15.1. The molecule has 0 saturated heterocycles. The maximum Gasteiger partial charge on any atom is 0.316 e. The second-order valence-electron chi connectivity index (χ2n) is 5.62. The van der Waals surface area contributed by atoms with Crippen molar-refractivity contribution in [3.05, 3.63) is 68.6 Å². The first kappa shape index (κ1) is 18.1. The van der Waals surface area contributed by atoms with Crippen molar-refractivity contribution in [1.29, 1.82) is 0 Å². The lowest BCUT2D eigenvalue weighted by atomic mass is 10.1. The van der Waals surface area contributed by atoms with Crippen LogP contribution >= 0.6 is 11.8 Å². The lowest BCUT2D eigenvalue weighted by molar-refractivity contribution is 0.0956. The molecule has 0 bridgehead atoms. The Morgan fingerprint density at radius 1 is 1.31 bits per heavy atom. The number of hydrogen-bond donors (Lipinski definition) is 2. The topological polar surface area (TPSA) is 97.1 Å². The van der Waals surface area contributed by atoms with E-state index in [1.54, 1.807) is 43.1 Å². The van der Waals surface area contributed by atoms with Gasteiger partial charge in [0.05, 0.1) is 23.0 Å². The first-order valence-electron chi connectivity index (χ1n) is 8.25. The van der Waals surface area contributed by atoms with E-state index in [9.17, 15) is 14.4 Å². The molecule has 26 heavy (non-hydrogen) atoms. The summed E-state index contributed by atoms with van der Waals surface area (Å²) in [6.07, 6.45) is 1.64. The van der Waals surface area contributed by atoms with Crippen LogP contribution in [-0.4, -0.2) is 27.8 Å². The van der Waals surface area contributed by atoms with Crippen LogP contribution in [0.1, 0.15) is 23.0 Å². The molecule has 0 unspecified atom stereocenters. The van der Waals surface area contributed by atoms with Crippen molar-refractivity contribution in [3.8, 4) is 0 Å². The highest BCUT2D eigenvalue weighted by molar-refractivity contribution is 7.98. The van der Waals surface area contributed by atoms with Gasteiger partial charge in [-0.05, 0) is 37.3 Å². The lowest BCUT2D eigenvalue weighted by Gasteiger charge is -2.09. The molecule has 0 saturated carbocycles. The van der Waals surface area contributed by atoms with Crippen LogP contribution in [0.2, 0.25) is 0 Å². The van der Waals surface area contributed by atoms with Gasteiger partial charge in [0.2, 0.25) is 0 Å². The first-order valence-corrected chi connectivity index (χ1v) is 9.41. The molecule has 2 aromatic heterocycles. The quantitative estimate of drug-likeness (QED) is 0.487. The van der Waals surface area contributed by atoms with E-state index >= 15 is 0 Å². The Balaban J connectivity index is 1.64. The van der Waals surface area contributed by atoms with Crippen molar-refractivity contribution in [3.63, 3.8) is 0 Å². The molecule has 3 aromatic rings. The minimum Gasteiger partial charge on any atom is -0.468 e. The van der Waals surface area contributed by atoms with Gasteiger partial charge in [-0.15, -0.1) is 0 Å². The zero-order chi connectivity index (χ0) is 18.5. The van der Waals surface area contributed by atoms with Crippen molar-refractivity contribution < 1.29 is 9.21 Å². The van der Waals surface area contributed by atoms with Gasteiger partial charge in [0, 0.05) is 24.4 Å². The molecule has 0 radical (unpaired) electrons. The Bertz CT molecular complexity index is 1020. The monoisotopic (exact) mass is 373 g/mol. The maximum absolute atomic E-state index is 12.3. The van der Waals surface area contributed by atoms with Crippen molar-refractivity contribution >= 4 is 28.7 Å². The van der Waals surface area contributed by atoms with E-state index in [4.69, 9.17) is 4.42 Å². The van der Waals surface area contributed by atoms with Gasteiger partial charge in [0.1, 0.15) is 5.76 Å². The van der Waals surface area contributed by atoms with Crippen LogP contribution in [0.25, 0.3) is 11.0 Å². The highest BCUT2D eigenvalue weighted by Gasteiger charge is 2.10. The summed E-state index contributed by atoms with van der Waals surface area (Å²) >= 11 is 1.67. The van der Waals surface area contributed by atoms with Gasteiger partial charge in [-0.2, -0.15) is 11.8 Å². The van der Waals surface area contributed by atoms with Gasteiger partial charge in [-0.3, -0.25) is 14.4 Å². The number of rotatable bonds is 7. The molecule has 8 heteroatoms. The van der Waals surface area contributed by atoms with Crippen LogP contribution < -0.4 is 16.4 Å². The van der Waals surface area contributed by atoms with Gasteiger partial charge in [0.25, 0.3) is 5.91 Å². The average molecular weight is 373 g/mol. The van der Waals surface area contributed by atoms with E-state index in [2.05, 4.69) is 10.3 Å². The number of aromatic nitrogens is 2. The molecule has 136 valence electrons. The number of carbonyl (C=O) groups excluding carboxylic acids is 1. The summed E-state index contributed by atoms with van der Waals surface area (Å²) in [5.41, 5.74) is 0.224. The Morgan fingerprint density at radius 2 is 2.15 bits per heavy atom. The summed E-state index contributed by atoms with van der Waals surface area (Å²) in [6, 6.07) is 8.68. The Morgan fingerprint density at radius 3 is 2.88 bits per heavy atom. The Labute approximate surface area is 153 Å². The van der Waals surface area contributed by atoms with Crippen LogP contribution in [0.15, 0.2) is 50.6 Å². The number of aryl methyl sites for hydroxylation is 1. The maximum atomic E-state index is 12.3. The summed E-state index contributed by atoms with van der Waals surface area (Å²) in [7, 11) is 0. The van der Waals surface area contributed by atoms with Crippen LogP contribution in [0, 0.1) is 0 Å². The SMILES string of the molecule is CCn1c(=O)c(=O)[nH]c2cc(C(=O)NCCSCc3ccco3)ccc21. The Kier molecular flexibility index (Phi) is 5.62. The molecule has 3 rings (SSSR count). The van der Waals surface area contributed by atoms with E-state index in [-0.39, 0.29) is 5.91 Å². The number of fused-ring (bicyclic) bond motifs is 1. The summed E-state index contributed by atoms with van der Waals surface area (Å²) in [5.74, 6) is 2.20. The summed E-state index contributed by atoms with van der Waals surface area (Å²) in [6.45, 7) is 2.70. The van der Waals surface area contributed by atoms with E-state index < -0.39 is 11.1 Å². The fourth-order valence-corrected chi connectivity index (χ4v) is 3.40. The lowest BCUT2D eigenvalue weighted by Crippen LogP contribution is -2.36. The fraction of sp³-hybridized carbons (Fsp3) is 0.278. The molecule has 0 atom stereocenters. The molecule has 0 aliphatic rings. The number of hydrogen-bond acceptors (Lipinski definition) is 5. The molecule has 0 spiro atoms. The van der Waals surface area contributed by atoms with Crippen molar-refractivity contribution in [1.82, 2.24) is 14.9 Å². The number of furan rings is 1. The molecule has 2 N–H and O–H groups in total. The third-order valence-electron chi connectivity index (χ3n) is 3.91. The number of nitrogens with one attached hydrogen (secondary N) is 2. The van der Waals surface area contributed by atoms with Crippen molar-refractivity contribution in [2.24, 2.45) is 0 Å². The summed E-state index contributed by atoms with van der Waals surface area (Å²) in [5, 5.41) is 2.85. The molecule has 1 aromatic carbocycles. The highest BCUT2D eigenvalue weighted by atomic mass is 32.2. The van der Waals surface area contributed by atoms with Gasteiger partial charge in [0.15, 0.2) is 0 Å². The largest absolute Gasteiger partial charge is 0.468 e. The molecule has 7 nitrogen and oxygen atoms in total. The number of carbonyl (C=O) groups is 1. The summed E-state index contributed by atoms with van der Waals surface area (Å²) in [4.78, 5) is 38.4. The third-order valence-corrected chi connectivity index (χ3v) is 4.89. The summed E-state index contributed by atoms with van der Waals surface area (Å²) < 4.78 is 6.64. The number of H-pyrrole nitrogens is 1. The minimum atomic E-state index is -0.689. The van der Waals surface area contributed by atoms with Gasteiger partial charge < -0.3 is 19.3 Å². The predicted molar refractivity (Wildman–Crippen MR) is 102 cm³/mol. The standard InChI is InChI=1S/C18H19N3O4S/c1-2-21-15-6-5-12(10-14(15)20-17(23)18(21)24)16(22)19-7-9-26-11-13-4-3-8-25-13/h3-6,8,10H,2,7,9,11H2,1H3,(H,19,22)(H,20,23). The number of amides is 1. The second kappa shape index (κ2) is 8.09. The molecule has 0 fully saturated rings. The molecule has 0 aliphatic carbocycles. The molecule has 2 heterocycles. The normalized spacial score (nSPS) is 11.0. The van der Waals surface area contributed by atoms with Gasteiger partial charge in [-0.25, -0.2) is 0 Å². The van der Waals surface area contributed by atoms with Gasteiger partial charge >= 0.3 is 11.1 Å². The van der Waals surface area contributed by atoms with Crippen molar-refractivity contribution in [2.45, 2.75) is 19.2 Å². The van der Waals surface area contributed by atoms with Crippen LogP contribution in [-0.2, 0) is 12.3 Å². The fourth-order valence-electron chi connectivity index (χ4n) is 2.64. The van der Waals surface area contributed by atoms with E-state index in [1.165, 1.54) is 4.57 Å². The molecular formula is C18H19N3O4S. The highest BCUT2D eigenvalue weighted by Crippen LogP contribution is 2.13. The average Bonchev–Trinajstić information content (AvgIpc) is 3.15. The minimum absolute atomic E-state index is 0.222. The zero-order valence-electron chi connectivity index (χ0n) is 14.3. The van der Waals surface area contributed by atoms with Crippen LogP contribution in [0.3, 0.4) is 0 Å².